The van der Waals surface area contributed by atoms with E-state index in [2.05, 4.69) is 0 Å². The van der Waals surface area contributed by atoms with E-state index in [0.29, 0.717) is 22.8 Å². The van der Waals surface area contributed by atoms with Crippen molar-refractivity contribution >= 4 is 23.2 Å². The van der Waals surface area contributed by atoms with E-state index in [-0.39, 0.29) is 0 Å². The Morgan fingerprint density at radius 3 is 2.50 bits per heavy atom. The molecule has 4 heteroatoms. The van der Waals surface area contributed by atoms with Crippen molar-refractivity contribution in [3.05, 3.63) is 35.4 Å². The van der Waals surface area contributed by atoms with Crippen molar-refractivity contribution in [2.75, 3.05) is 6.61 Å². The third-order valence-corrected chi connectivity index (χ3v) is 2.03. The molecule has 0 aliphatic rings. The minimum Gasteiger partial charge on any atom is -0.483 e. The maximum atomic E-state index is 11.0. The topological polar surface area (TPSA) is 52.3 Å². The van der Waals surface area contributed by atoms with Crippen LogP contribution in [0.1, 0.15) is 22.8 Å². The summed E-state index contributed by atoms with van der Waals surface area (Å²) in [6, 6.07) is 6.87. The molecular weight excluding hydrogens is 198 g/mol. The van der Waals surface area contributed by atoms with E-state index in [4.69, 9.17) is 22.7 Å². The van der Waals surface area contributed by atoms with Gasteiger partial charge in [0.2, 0.25) is 5.91 Å². The standard InChI is InChI=1S/C10H11NO2S/c1-2-13-10(14)8-6-4-3-5-7(8)9(11)12/h3-6H,2H2,1H3,(H2,11,12). The zero-order valence-corrected chi connectivity index (χ0v) is 8.64. The summed E-state index contributed by atoms with van der Waals surface area (Å²) in [4.78, 5) is 11.0. The summed E-state index contributed by atoms with van der Waals surface area (Å²) in [5, 5.41) is 0.307. The van der Waals surface area contributed by atoms with Crippen LogP contribution >= 0.6 is 12.2 Å². The van der Waals surface area contributed by atoms with Crippen LogP contribution in [0.25, 0.3) is 0 Å². The first-order valence-corrected chi connectivity index (χ1v) is 4.63. The second kappa shape index (κ2) is 4.72. The normalized spacial score (nSPS) is 9.50. The van der Waals surface area contributed by atoms with E-state index >= 15 is 0 Å². The van der Waals surface area contributed by atoms with Crippen LogP contribution in [-0.4, -0.2) is 17.6 Å². The first-order chi connectivity index (χ1) is 6.66. The predicted molar refractivity (Wildman–Crippen MR) is 58.3 cm³/mol. The maximum Gasteiger partial charge on any atom is 0.249 e. The molecule has 1 aromatic carbocycles. The number of rotatable bonds is 3. The van der Waals surface area contributed by atoms with Gasteiger partial charge < -0.3 is 10.5 Å². The first-order valence-electron chi connectivity index (χ1n) is 4.22. The molecule has 1 amide bonds. The highest BCUT2D eigenvalue weighted by atomic mass is 32.1. The zero-order chi connectivity index (χ0) is 10.6. The Balaban J connectivity index is 3.07. The van der Waals surface area contributed by atoms with E-state index in [1.165, 1.54) is 0 Å². The van der Waals surface area contributed by atoms with Gasteiger partial charge in [-0.05, 0) is 31.3 Å². The monoisotopic (exact) mass is 209 g/mol. The van der Waals surface area contributed by atoms with Gasteiger partial charge >= 0.3 is 0 Å². The predicted octanol–water partition coefficient (Wildman–Crippen LogP) is 1.50. The van der Waals surface area contributed by atoms with Crippen LogP contribution < -0.4 is 5.73 Å². The third-order valence-electron chi connectivity index (χ3n) is 1.69. The SMILES string of the molecule is CCOC(=S)c1ccccc1C(N)=O. The van der Waals surface area contributed by atoms with Crippen LogP contribution in [0.4, 0.5) is 0 Å². The number of carbonyl (C=O) groups is 1. The Labute approximate surface area is 87.9 Å². The van der Waals surface area contributed by atoms with Gasteiger partial charge in [-0.2, -0.15) is 0 Å². The minimum absolute atomic E-state index is 0.307. The summed E-state index contributed by atoms with van der Waals surface area (Å²) in [7, 11) is 0. The highest BCUT2D eigenvalue weighted by molar-refractivity contribution is 7.80. The Morgan fingerprint density at radius 2 is 2.00 bits per heavy atom. The Hall–Kier alpha value is -1.42. The van der Waals surface area contributed by atoms with Crippen LogP contribution in [-0.2, 0) is 4.74 Å². The van der Waals surface area contributed by atoms with Gasteiger partial charge in [-0.25, -0.2) is 0 Å². The van der Waals surface area contributed by atoms with Crippen molar-refractivity contribution in [3.63, 3.8) is 0 Å². The molecule has 0 fully saturated rings. The number of carbonyl (C=O) groups excluding carboxylic acids is 1. The number of amides is 1. The minimum atomic E-state index is -0.498. The van der Waals surface area contributed by atoms with Crippen molar-refractivity contribution in [1.82, 2.24) is 0 Å². The Bertz CT molecular complexity index is 363. The largest absolute Gasteiger partial charge is 0.483 e. The van der Waals surface area contributed by atoms with Crippen LogP contribution in [0.5, 0.6) is 0 Å². The molecule has 0 atom stereocenters. The second-order valence-electron chi connectivity index (χ2n) is 2.63. The summed E-state index contributed by atoms with van der Waals surface area (Å²) in [6.45, 7) is 2.31. The summed E-state index contributed by atoms with van der Waals surface area (Å²) in [5.41, 5.74) is 6.17. The van der Waals surface area contributed by atoms with Gasteiger partial charge in [-0.3, -0.25) is 4.79 Å². The summed E-state index contributed by atoms with van der Waals surface area (Å²) >= 11 is 5.00. The summed E-state index contributed by atoms with van der Waals surface area (Å²) < 4.78 is 5.14. The van der Waals surface area contributed by atoms with E-state index in [0.717, 1.165) is 0 Å². The van der Waals surface area contributed by atoms with Crippen molar-refractivity contribution < 1.29 is 9.53 Å². The number of thiocarbonyl (C=S) groups is 1. The smallest absolute Gasteiger partial charge is 0.249 e. The van der Waals surface area contributed by atoms with Gasteiger partial charge in [0.15, 0.2) is 5.05 Å². The van der Waals surface area contributed by atoms with Crippen molar-refractivity contribution in [2.24, 2.45) is 5.73 Å². The highest BCUT2D eigenvalue weighted by Crippen LogP contribution is 2.10. The van der Waals surface area contributed by atoms with E-state index in [9.17, 15) is 4.79 Å². The molecule has 0 spiro atoms. The molecule has 74 valence electrons. The number of nitrogens with two attached hydrogens (primary N) is 1. The lowest BCUT2D eigenvalue weighted by Crippen LogP contribution is -2.16. The fourth-order valence-electron chi connectivity index (χ4n) is 1.08. The quantitative estimate of drug-likeness (QED) is 0.767. The van der Waals surface area contributed by atoms with Crippen molar-refractivity contribution in [2.45, 2.75) is 6.92 Å². The molecule has 0 aliphatic heterocycles. The molecule has 0 unspecified atom stereocenters. The molecule has 0 heterocycles. The van der Waals surface area contributed by atoms with Crippen LogP contribution in [0.3, 0.4) is 0 Å². The average molecular weight is 209 g/mol. The molecule has 1 rings (SSSR count). The number of primary amides is 1. The number of benzene rings is 1. The molecule has 14 heavy (non-hydrogen) atoms. The molecule has 1 aromatic rings. The Kier molecular flexibility index (Phi) is 3.59. The molecule has 0 aliphatic carbocycles. The third kappa shape index (κ3) is 2.29. The van der Waals surface area contributed by atoms with Crippen molar-refractivity contribution in [1.29, 1.82) is 0 Å². The highest BCUT2D eigenvalue weighted by Gasteiger charge is 2.11. The first kappa shape index (κ1) is 10.7. The van der Waals surface area contributed by atoms with Gasteiger partial charge in [-0.15, -0.1) is 0 Å². The van der Waals surface area contributed by atoms with Gasteiger partial charge in [0, 0.05) is 5.56 Å². The second-order valence-corrected chi connectivity index (χ2v) is 3.00. The molecule has 3 nitrogen and oxygen atoms in total. The molecule has 0 radical (unpaired) electrons. The molecule has 2 N–H and O–H groups in total. The number of hydrogen-bond acceptors (Lipinski definition) is 3. The van der Waals surface area contributed by atoms with Gasteiger partial charge in [0.05, 0.1) is 12.2 Å². The van der Waals surface area contributed by atoms with E-state index < -0.39 is 5.91 Å². The maximum absolute atomic E-state index is 11.0. The summed E-state index contributed by atoms with van der Waals surface area (Å²) in [5.74, 6) is -0.498. The lowest BCUT2D eigenvalue weighted by atomic mass is 10.1. The summed E-state index contributed by atoms with van der Waals surface area (Å²) in [6.07, 6.45) is 0. The van der Waals surface area contributed by atoms with Gasteiger partial charge in [-0.1, -0.05) is 12.1 Å². The average Bonchev–Trinajstić information content (AvgIpc) is 2.18. The van der Waals surface area contributed by atoms with Gasteiger partial charge in [0.25, 0.3) is 0 Å². The molecular formula is C10H11NO2S. The molecule has 0 saturated heterocycles. The molecule has 0 aromatic heterocycles. The number of hydrogen-bond donors (Lipinski definition) is 1. The fraction of sp³-hybridized carbons (Fsp3) is 0.200. The van der Waals surface area contributed by atoms with Crippen LogP contribution in [0.2, 0.25) is 0 Å². The lowest BCUT2D eigenvalue weighted by Gasteiger charge is -2.07. The van der Waals surface area contributed by atoms with Crippen LogP contribution in [0.15, 0.2) is 24.3 Å². The van der Waals surface area contributed by atoms with E-state index in [1.807, 2.05) is 6.92 Å². The zero-order valence-electron chi connectivity index (χ0n) is 7.82. The lowest BCUT2D eigenvalue weighted by molar-refractivity contribution is 0.1000. The van der Waals surface area contributed by atoms with Crippen molar-refractivity contribution in [3.8, 4) is 0 Å². The van der Waals surface area contributed by atoms with E-state index in [1.54, 1.807) is 24.3 Å². The van der Waals surface area contributed by atoms with Crippen LogP contribution in [0, 0.1) is 0 Å². The number of ether oxygens (including phenoxy) is 1. The van der Waals surface area contributed by atoms with Gasteiger partial charge in [0.1, 0.15) is 0 Å². The fourth-order valence-corrected chi connectivity index (χ4v) is 1.38. The Morgan fingerprint density at radius 1 is 1.43 bits per heavy atom. The molecule has 0 bridgehead atoms. The molecule has 0 saturated carbocycles.